The van der Waals surface area contributed by atoms with E-state index in [-0.39, 0.29) is 17.4 Å². The molecule has 0 aliphatic rings. The van der Waals surface area contributed by atoms with Crippen LogP contribution < -0.4 is 16.4 Å². The molecule has 0 saturated carbocycles. The molecule has 3 aromatic rings. The number of amides is 1. The first kappa shape index (κ1) is 15.4. The molecular weight excluding hydrogens is 310 g/mol. The average molecular weight is 322 g/mol. The number of fused-ring (bicyclic) bond motifs is 1. The van der Waals surface area contributed by atoms with E-state index in [0.717, 1.165) is 0 Å². The van der Waals surface area contributed by atoms with Gasteiger partial charge in [0.25, 0.3) is 5.56 Å². The Balaban J connectivity index is 2.24. The van der Waals surface area contributed by atoms with Gasteiger partial charge in [-0.2, -0.15) is 5.10 Å². The van der Waals surface area contributed by atoms with Gasteiger partial charge >= 0.3 is 6.03 Å². The molecule has 0 aliphatic carbocycles. The van der Waals surface area contributed by atoms with Crippen LogP contribution in [-0.4, -0.2) is 21.8 Å². The van der Waals surface area contributed by atoms with Gasteiger partial charge in [-0.25, -0.2) is 4.79 Å². The molecular formula is C17H12N3O4-. The molecule has 0 bridgehead atoms. The van der Waals surface area contributed by atoms with Crippen LogP contribution in [0.15, 0.2) is 53.3 Å². The van der Waals surface area contributed by atoms with Crippen molar-refractivity contribution in [2.45, 2.75) is 6.42 Å². The minimum atomic E-state index is -1.31. The molecule has 1 amide bonds. The van der Waals surface area contributed by atoms with Crippen LogP contribution in [0.2, 0.25) is 0 Å². The van der Waals surface area contributed by atoms with E-state index in [2.05, 4.69) is 5.10 Å². The topological polar surface area (TPSA) is 118 Å². The van der Waals surface area contributed by atoms with E-state index < -0.39 is 17.6 Å². The molecule has 0 spiro atoms. The van der Waals surface area contributed by atoms with Crippen molar-refractivity contribution in [1.29, 1.82) is 0 Å². The Labute approximate surface area is 136 Å². The smallest absolute Gasteiger partial charge is 0.342 e. The lowest BCUT2D eigenvalue weighted by Crippen LogP contribution is -2.34. The number of carbonyl (C=O) groups is 2. The predicted octanol–water partition coefficient (Wildman–Crippen LogP) is 0.278. The highest BCUT2D eigenvalue weighted by Gasteiger charge is 2.14. The molecule has 0 radical (unpaired) electrons. The zero-order valence-electron chi connectivity index (χ0n) is 12.4. The molecule has 0 saturated heterocycles. The molecule has 3 rings (SSSR count). The number of benzene rings is 2. The molecule has 2 aromatic carbocycles. The second kappa shape index (κ2) is 5.96. The fourth-order valence-electron chi connectivity index (χ4n) is 2.59. The first-order valence-corrected chi connectivity index (χ1v) is 7.09. The lowest BCUT2D eigenvalue weighted by Gasteiger charge is -2.12. The van der Waals surface area contributed by atoms with Crippen molar-refractivity contribution < 1.29 is 14.7 Å². The molecule has 7 nitrogen and oxygen atoms in total. The zero-order valence-corrected chi connectivity index (χ0v) is 12.4. The van der Waals surface area contributed by atoms with Gasteiger partial charge < -0.3 is 15.6 Å². The summed E-state index contributed by atoms with van der Waals surface area (Å²) in [6.07, 6.45) is 0.109. The van der Waals surface area contributed by atoms with E-state index in [9.17, 15) is 19.5 Å². The first-order chi connectivity index (χ1) is 11.5. The van der Waals surface area contributed by atoms with Crippen molar-refractivity contribution in [2.75, 3.05) is 0 Å². The molecule has 24 heavy (non-hydrogen) atoms. The highest BCUT2D eigenvalue weighted by molar-refractivity contribution is 5.89. The number of primary amides is 1. The number of carboxylic acids is 1. The van der Waals surface area contributed by atoms with E-state index in [1.807, 2.05) is 0 Å². The summed E-state index contributed by atoms with van der Waals surface area (Å²) < 4.78 is 0.583. The number of carboxylic acid groups (broad SMARTS) is 1. The second-order valence-corrected chi connectivity index (χ2v) is 5.17. The van der Waals surface area contributed by atoms with Crippen LogP contribution in [-0.2, 0) is 6.42 Å². The molecule has 2 N–H and O–H groups in total. The number of nitrogens with zero attached hydrogens (tertiary/aromatic N) is 2. The van der Waals surface area contributed by atoms with Gasteiger partial charge in [-0.05, 0) is 11.6 Å². The summed E-state index contributed by atoms with van der Waals surface area (Å²) >= 11 is 0. The lowest BCUT2D eigenvalue weighted by molar-refractivity contribution is -0.255. The highest BCUT2D eigenvalue weighted by atomic mass is 16.4. The van der Waals surface area contributed by atoms with Crippen molar-refractivity contribution in [1.82, 2.24) is 9.78 Å². The van der Waals surface area contributed by atoms with Crippen LogP contribution in [0.1, 0.15) is 21.6 Å². The van der Waals surface area contributed by atoms with Crippen LogP contribution >= 0.6 is 0 Å². The maximum atomic E-state index is 12.2. The quantitative estimate of drug-likeness (QED) is 0.743. The van der Waals surface area contributed by atoms with Crippen molar-refractivity contribution in [3.05, 3.63) is 75.7 Å². The van der Waals surface area contributed by atoms with Crippen LogP contribution in [0.5, 0.6) is 0 Å². The molecule has 120 valence electrons. The first-order valence-electron chi connectivity index (χ1n) is 7.09. The van der Waals surface area contributed by atoms with Gasteiger partial charge in [-0.1, -0.05) is 42.5 Å². The summed E-state index contributed by atoms with van der Waals surface area (Å²) in [6, 6.07) is 12.0. The maximum absolute atomic E-state index is 12.2. The fourth-order valence-corrected chi connectivity index (χ4v) is 2.59. The summed E-state index contributed by atoms with van der Waals surface area (Å²) in [5.74, 6) is -1.31. The van der Waals surface area contributed by atoms with Gasteiger partial charge in [0.05, 0.1) is 17.0 Å². The predicted molar refractivity (Wildman–Crippen MR) is 84.6 cm³/mol. The van der Waals surface area contributed by atoms with Gasteiger partial charge in [-0.3, -0.25) is 4.79 Å². The normalized spacial score (nSPS) is 10.7. The van der Waals surface area contributed by atoms with E-state index in [1.165, 1.54) is 6.07 Å². The number of aromatic carboxylic acids is 1. The number of hydrogen-bond donors (Lipinski definition) is 1. The highest BCUT2D eigenvalue weighted by Crippen LogP contribution is 2.19. The van der Waals surface area contributed by atoms with Crippen molar-refractivity contribution in [2.24, 2.45) is 5.73 Å². The maximum Gasteiger partial charge on any atom is 0.342 e. The summed E-state index contributed by atoms with van der Waals surface area (Å²) in [5.41, 5.74) is 5.45. The van der Waals surface area contributed by atoms with Gasteiger partial charge in [0, 0.05) is 17.4 Å². The third-order valence-corrected chi connectivity index (χ3v) is 3.69. The molecule has 1 aromatic heterocycles. The summed E-state index contributed by atoms with van der Waals surface area (Å²) in [4.78, 5) is 35.0. The minimum absolute atomic E-state index is 0.0280. The van der Waals surface area contributed by atoms with Gasteiger partial charge in [-0.15, -0.1) is 4.68 Å². The Morgan fingerprint density at radius 2 is 1.67 bits per heavy atom. The molecule has 7 heteroatoms. The summed E-state index contributed by atoms with van der Waals surface area (Å²) in [6.45, 7) is 0. The zero-order chi connectivity index (χ0) is 17.3. The van der Waals surface area contributed by atoms with E-state index in [4.69, 9.17) is 5.73 Å². The Hall–Kier alpha value is -3.48. The number of rotatable bonds is 3. The van der Waals surface area contributed by atoms with Crippen molar-refractivity contribution >= 4 is 22.8 Å². The van der Waals surface area contributed by atoms with E-state index >= 15 is 0 Å². The Morgan fingerprint density at radius 1 is 1.04 bits per heavy atom. The molecule has 0 aliphatic heterocycles. The number of hydrogen-bond acceptors (Lipinski definition) is 5. The largest absolute Gasteiger partial charge is 0.545 e. The second-order valence-electron chi connectivity index (χ2n) is 5.17. The number of carbonyl (C=O) groups excluding carboxylic acids is 2. The SMILES string of the molecule is NC(=O)n1nc(Cc2ccccc2C(=O)[O-])c2ccccc2c1=O. The molecule has 0 atom stereocenters. The van der Waals surface area contributed by atoms with E-state index in [1.54, 1.807) is 42.5 Å². The van der Waals surface area contributed by atoms with Gasteiger partial charge in [0.15, 0.2) is 0 Å². The molecule has 0 unspecified atom stereocenters. The van der Waals surface area contributed by atoms with Crippen LogP contribution in [0, 0.1) is 0 Å². The average Bonchev–Trinajstić information content (AvgIpc) is 2.57. The van der Waals surface area contributed by atoms with Gasteiger partial charge in [0.1, 0.15) is 0 Å². The summed E-state index contributed by atoms with van der Waals surface area (Å²) in [7, 11) is 0. The third kappa shape index (κ3) is 2.63. The van der Waals surface area contributed by atoms with Gasteiger partial charge in [0.2, 0.25) is 0 Å². The molecule has 1 heterocycles. The molecule has 0 fully saturated rings. The lowest BCUT2D eigenvalue weighted by atomic mass is 10.00. The third-order valence-electron chi connectivity index (χ3n) is 3.69. The Morgan fingerprint density at radius 3 is 2.33 bits per heavy atom. The standard InChI is InChI=1S/C17H13N3O4/c18-17(24)20-15(21)13-8-4-3-7-12(13)14(19-20)9-10-5-1-2-6-11(10)16(22)23/h1-8H,9H2,(H2,18,24)(H,22,23)/p-1. The van der Waals surface area contributed by atoms with Crippen LogP contribution in [0.25, 0.3) is 10.8 Å². The Kier molecular flexibility index (Phi) is 3.83. The Bertz CT molecular complexity index is 1020. The fraction of sp³-hybridized carbons (Fsp3) is 0.0588. The van der Waals surface area contributed by atoms with E-state index in [0.29, 0.717) is 21.3 Å². The minimum Gasteiger partial charge on any atom is -0.545 e. The summed E-state index contributed by atoms with van der Waals surface area (Å²) in [5, 5.41) is 16.1. The number of nitrogens with two attached hydrogens (primary N) is 1. The number of aromatic nitrogens is 2. The van der Waals surface area contributed by atoms with Crippen molar-refractivity contribution in [3.8, 4) is 0 Å². The van der Waals surface area contributed by atoms with Crippen LogP contribution in [0.3, 0.4) is 0 Å². The van der Waals surface area contributed by atoms with Crippen LogP contribution in [0.4, 0.5) is 4.79 Å². The van der Waals surface area contributed by atoms with Crippen molar-refractivity contribution in [3.63, 3.8) is 0 Å². The monoisotopic (exact) mass is 322 g/mol.